The Balaban J connectivity index is 0.00000270. The van der Waals surface area contributed by atoms with Gasteiger partial charge in [-0.2, -0.15) is 10.2 Å². The summed E-state index contributed by atoms with van der Waals surface area (Å²) in [6, 6.07) is 25.8. The fourth-order valence-electron chi connectivity index (χ4n) is 4.92. The Hall–Kier alpha value is -3.74. The molecule has 13 nitrogen and oxygen atoms in total. The van der Waals surface area contributed by atoms with Crippen molar-refractivity contribution >= 4 is 70.2 Å². The number of rotatable bonds is 7. The molecule has 0 bridgehead atoms. The van der Waals surface area contributed by atoms with Crippen molar-refractivity contribution < 1.29 is 95.3 Å². The van der Waals surface area contributed by atoms with Crippen molar-refractivity contribution in [2.24, 2.45) is 20.5 Å². The van der Waals surface area contributed by atoms with E-state index in [0.717, 1.165) is 29.3 Å². The maximum atomic E-state index is 11.8. The number of nitrogens with zero attached hydrogens (tertiary/aromatic N) is 4. The third kappa shape index (κ3) is 8.19. The van der Waals surface area contributed by atoms with Gasteiger partial charge in [0.25, 0.3) is 0 Å². The molecule has 17 heteroatoms. The van der Waals surface area contributed by atoms with Crippen LogP contribution in [0.5, 0.6) is 11.5 Å². The van der Waals surface area contributed by atoms with Crippen LogP contribution in [-0.4, -0.2) is 36.2 Å². The first kappa shape index (κ1) is 38.1. The number of phenols is 2. The number of azo groups is 2. The number of phenolic OH excluding ortho intramolecular Hbond substituents is 2. The van der Waals surface area contributed by atoms with E-state index in [1.807, 2.05) is 0 Å². The monoisotopic (exact) mass is 713 g/mol. The van der Waals surface area contributed by atoms with Crippen molar-refractivity contribution in [3.05, 3.63) is 103 Å². The molecule has 0 aliphatic carbocycles. The van der Waals surface area contributed by atoms with E-state index in [0.29, 0.717) is 11.4 Å². The van der Waals surface area contributed by atoms with Gasteiger partial charge >= 0.3 is 59.1 Å². The van der Waals surface area contributed by atoms with Crippen LogP contribution >= 0.6 is 0 Å². The fraction of sp³-hybridized carbons (Fsp3) is 0. The Morgan fingerprint density at radius 1 is 0.612 bits per heavy atom. The van der Waals surface area contributed by atoms with Crippen molar-refractivity contribution in [3.8, 4) is 22.6 Å². The van der Waals surface area contributed by atoms with Gasteiger partial charge in [-0.15, -0.1) is 10.2 Å². The smallest absolute Gasteiger partial charge is 0.744 e. The van der Waals surface area contributed by atoms with Crippen LogP contribution in [0.15, 0.2) is 133 Å². The molecule has 0 saturated heterocycles. The Morgan fingerprint density at radius 3 is 1.71 bits per heavy atom. The molecule has 0 heterocycles. The first-order valence-corrected chi connectivity index (χ1v) is 16.4. The molecule has 0 aromatic heterocycles. The first-order valence-electron chi connectivity index (χ1n) is 13.6. The van der Waals surface area contributed by atoms with E-state index in [1.54, 1.807) is 60.7 Å². The van der Waals surface area contributed by atoms with Crippen molar-refractivity contribution in [2.45, 2.75) is 9.79 Å². The summed E-state index contributed by atoms with van der Waals surface area (Å²) in [5, 5.41) is 38.2. The molecule has 0 aliphatic heterocycles. The van der Waals surface area contributed by atoms with Crippen LogP contribution in [0.1, 0.15) is 0 Å². The van der Waals surface area contributed by atoms with Gasteiger partial charge in [0.1, 0.15) is 37.4 Å². The minimum atomic E-state index is -4.85. The molecule has 0 fully saturated rings. The number of nitrogens with two attached hydrogens (primary N) is 1. The summed E-state index contributed by atoms with van der Waals surface area (Å²) in [7, 11) is -9.64. The second-order valence-corrected chi connectivity index (χ2v) is 13.0. The van der Waals surface area contributed by atoms with E-state index in [9.17, 15) is 36.2 Å². The number of fused-ring (bicyclic) bond motifs is 2. The molecule has 0 atom stereocenters. The molecule has 49 heavy (non-hydrogen) atoms. The van der Waals surface area contributed by atoms with E-state index in [1.165, 1.54) is 24.3 Å². The first-order chi connectivity index (χ1) is 22.3. The molecule has 0 aliphatic rings. The van der Waals surface area contributed by atoms with E-state index in [4.69, 9.17) is 5.73 Å². The second kappa shape index (κ2) is 15.0. The van der Waals surface area contributed by atoms with Crippen LogP contribution in [0.25, 0.3) is 32.7 Å². The molecule has 236 valence electrons. The summed E-state index contributed by atoms with van der Waals surface area (Å²) >= 11 is 0. The molecule has 0 unspecified atom stereocenters. The van der Waals surface area contributed by atoms with Gasteiger partial charge in [0.2, 0.25) is 0 Å². The van der Waals surface area contributed by atoms with E-state index >= 15 is 0 Å². The summed E-state index contributed by atoms with van der Waals surface area (Å²) in [6.45, 7) is 0. The number of hydrogen-bond acceptors (Lipinski definition) is 13. The van der Waals surface area contributed by atoms with Crippen molar-refractivity contribution in [3.63, 3.8) is 0 Å². The summed E-state index contributed by atoms with van der Waals surface area (Å²) in [4.78, 5) is -1.10. The van der Waals surface area contributed by atoms with Gasteiger partial charge in [-0.1, -0.05) is 54.6 Å². The molecule has 0 saturated carbocycles. The fourth-order valence-corrected chi connectivity index (χ4v) is 6.15. The third-order valence-corrected chi connectivity index (χ3v) is 8.89. The van der Waals surface area contributed by atoms with Crippen molar-refractivity contribution in [1.82, 2.24) is 0 Å². The summed E-state index contributed by atoms with van der Waals surface area (Å²) in [5.74, 6) is -0.792. The summed E-state index contributed by atoms with van der Waals surface area (Å²) in [5.41, 5.74) is 8.64. The van der Waals surface area contributed by atoms with Gasteiger partial charge < -0.3 is 25.1 Å². The molecule has 0 amide bonds. The number of nitrogen functional groups attached to an aromatic ring is 1. The van der Waals surface area contributed by atoms with Gasteiger partial charge in [0, 0.05) is 10.8 Å². The minimum absolute atomic E-state index is 0. The topological polar surface area (TPSA) is 230 Å². The van der Waals surface area contributed by atoms with Crippen LogP contribution in [0.2, 0.25) is 0 Å². The summed E-state index contributed by atoms with van der Waals surface area (Å²) < 4.78 is 69.8. The van der Waals surface area contributed by atoms with Gasteiger partial charge in [-0.25, -0.2) is 16.8 Å². The van der Waals surface area contributed by atoms with E-state index in [2.05, 4.69) is 20.5 Å². The number of benzene rings is 6. The van der Waals surface area contributed by atoms with Gasteiger partial charge in [-0.05, 0) is 65.0 Å². The number of anilines is 1. The van der Waals surface area contributed by atoms with Crippen molar-refractivity contribution in [1.29, 1.82) is 0 Å². The predicted octanol–water partition coefficient (Wildman–Crippen LogP) is 1.30. The second-order valence-electron chi connectivity index (χ2n) is 10.2. The minimum Gasteiger partial charge on any atom is -0.744 e. The maximum Gasteiger partial charge on any atom is 1.00 e. The molecule has 0 spiro atoms. The zero-order valence-corrected chi connectivity index (χ0v) is 31.5. The van der Waals surface area contributed by atoms with Gasteiger partial charge in [-0.3, -0.25) is 0 Å². The normalized spacial score (nSPS) is 12.0. The van der Waals surface area contributed by atoms with Crippen LogP contribution in [0, 0.1) is 0 Å². The molecular weight excluding hydrogens is 692 g/mol. The molecular formula is C32H21N5Na2O8S2. The summed E-state index contributed by atoms with van der Waals surface area (Å²) in [6.07, 6.45) is 0. The van der Waals surface area contributed by atoms with Crippen LogP contribution in [0.3, 0.4) is 0 Å². The molecule has 0 radical (unpaired) electrons. The average Bonchev–Trinajstić information content (AvgIpc) is 3.03. The van der Waals surface area contributed by atoms with Crippen LogP contribution in [0.4, 0.5) is 28.4 Å². The molecule has 6 aromatic rings. The van der Waals surface area contributed by atoms with Gasteiger partial charge in [0.15, 0.2) is 5.75 Å². The van der Waals surface area contributed by atoms with Crippen LogP contribution in [-0.2, 0) is 20.2 Å². The number of aromatic hydroxyl groups is 2. The largest absolute Gasteiger partial charge is 1.00 e. The molecule has 6 aromatic carbocycles. The van der Waals surface area contributed by atoms with Gasteiger partial charge in [0.05, 0.1) is 32.2 Å². The Kier molecular flexibility index (Phi) is 11.7. The maximum absolute atomic E-state index is 11.8. The molecule has 6 rings (SSSR count). The Morgan fingerprint density at radius 2 is 1.16 bits per heavy atom. The van der Waals surface area contributed by atoms with Crippen molar-refractivity contribution in [2.75, 3.05) is 5.73 Å². The zero-order valence-electron chi connectivity index (χ0n) is 25.8. The molecule has 4 N–H and O–H groups in total. The third-order valence-electron chi connectivity index (χ3n) is 7.20. The predicted molar refractivity (Wildman–Crippen MR) is 172 cm³/mol. The SMILES string of the molecule is Nc1ccc2cc(S(=O)(=O)[O-])cc(O)c2c1N=Nc1ccc(-c2ccc(N=Nc3cc(S(=O)(=O)[O-])c4ccccc4c3O)cc2)cc1.[Na+].[Na+]. The standard InChI is InChI=1S/C32H23N5O8S2.2Na/c33-26-14-9-20-15-23(46(40,41)42)16-28(38)30(20)31(26)37-35-22-12-7-19(8-13-22)18-5-10-21(11-6-18)34-36-27-17-29(47(43,44)45)24-3-1-2-4-25(24)32(27)39;;/h1-17,38-39H,33H2,(H,40,41,42)(H,43,44,45);;/q;2*+1/p-2. The van der Waals surface area contributed by atoms with E-state index in [-0.39, 0.29) is 103 Å². The quantitative estimate of drug-likeness (QED) is 0.0936. The van der Waals surface area contributed by atoms with Crippen LogP contribution < -0.4 is 64.8 Å². The average molecular weight is 714 g/mol. The van der Waals surface area contributed by atoms with E-state index < -0.39 is 35.8 Å². The Labute approximate surface area is 324 Å². The Bertz CT molecular complexity index is 2500. The number of hydrogen-bond donors (Lipinski definition) is 3. The zero-order chi connectivity index (χ0) is 33.5.